The first-order chi connectivity index (χ1) is 9.65. The minimum absolute atomic E-state index is 0.228. The summed E-state index contributed by atoms with van der Waals surface area (Å²) in [5, 5.41) is 5.29. The van der Waals surface area contributed by atoms with Gasteiger partial charge in [0.15, 0.2) is 0 Å². The zero-order valence-corrected chi connectivity index (χ0v) is 11.3. The van der Waals surface area contributed by atoms with Crippen molar-refractivity contribution in [3.05, 3.63) is 41.5 Å². The molecule has 106 valence electrons. The molecular weight excluding hydrogens is 260 g/mol. The van der Waals surface area contributed by atoms with Crippen LogP contribution in [0.3, 0.4) is 0 Å². The first-order valence-electron chi connectivity index (χ1n) is 6.13. The normalized spacial score (nSPS) is 18.9. The number of rotatable bonds is 3. The first-order valence-corrected chi connectivity index (χ1v) is 6.13. The smallest absolute Gasteiger partial charge is 0.336 e. The van der Waals surface area contributed by atoms with Crippen LogP contribution in [0.1, 0.15) is 12.0 Å². The molecular formula is C14H16N2O4. The zero-order chi connectivity index (χ0) is 14.5. The standard InChI is InChI=1S/C14H16N2O4/c1-19-11-8-10(13(17)20-2)12(16-14(18)15-11)9-6-4-3-5-7-9/h3-7,11H,8H2,1-2H3,(H2,15,16,18). The summed E-state index contributed by atoms with van der Waals surface area (Å²) in [4.78, 5) is 23.8. The molecule has 0 bridgehead atoms. The maximum atomic E-state index is 12.0. The number of carbonyl (C=O) groups excluding carboxylic acids is 2. The van der Waals surface area contributed by atoms with E-state index in [1.54, 1.807) is 0 Å². The van der Waals surface area contributed by atoms with E-state index in [-0.39, 0.29) is 6.42 Å². The highest BCUT2D eigenvalue weighted by molar-refractivity contribution is 6.01. The monoisotopic (exact) mass is 276 g/mol. The SMILES string of the molecule is COC(=O)C1=C(c2ccccc2)NC(=O)NC(OC)C1. The minimum atomic E-state index is -0.578. The Labute approximate surface area is 116 Å². The predicted octanol–water partition coefficient (Wildman–Crippen LogP) is 1.25. The molecule has 0 aliphatic carbocycles. The Bertz CT molecular complexity index is 539. The van der Waals surface area contributed by atoms with Gasteiger partial charge in [0.05, 0.1) is 18.4 Å². The van der Waals surface area contributed by atoms with Gasteiger partial charge in [-0.25, -0.2) is 9.59 Å². The van der Waals surface area contributed by atoms with Crippen LogP contribution in [0.5, 0.6) is 0 Å². The highest BCUT2D eigenvalue weighted by Crippen LogP contribution is 2.23. The molecule has 1 aromatic rings. The van der Waals surface area contributed by atoms with Crippen molar-refractivity contribution in [1.29, 1.82) is 0 Å². The Balaban J connectivity index is 2.50. The van der Waals surface area contributed by atoms with Crippen LogP contribution < -0.4 is 10.6 Å². The van der Waals surface area contributed by atoms with Crippen LogP contribution >= 0.6 is 0 Å². The topological polar surface area (TPSA) is 76.7 Å². The van der Waals surface area contributed by atoms with Gasteiger partial charge in [0.2, 0.25) is 0 Å². The van der Waals surface area contributed by atoms with Gasteiger partial charge in [0.25, 0.3) is 0 Å². The van der Waals surface area contributed by atoms with E-state index in [2.05, 4.69) is 10.6 Å². The average molecular weight is 276 g/mol. The van der Waals surface area contributed by atoms with E-state index >= 15 is 0 Å². The summed E-state index contributed by atoms with van der Waals surface area (Å²) < 4.78 is 9.93. The molecule has 1 heterocycles. The van der Waals surface area contributed by atoms with Crippen molar-refractivity contribution in [2.45, 2.75) is 12.6 Å². The van der Waals surface area contributed by atoms with Crippen molar-refractivity contribution >= 4 is 17.7 Å². The van der Waals surface area contributed by atoms with Gasteiger partial charge in [-0.05, 0) is 5.56 Å². The zero-order valence-electron chi connectivity index (χ0n) is 11.3. The number of benzene rings is 1. The molecule has 0 saturated carbocycles. The summed E-state index contributed by atoms with van der Waals surface area (Å²) in [6.07, 6.45) is -0.350. The molecule has 1 unspecified atom stereocenters. The Morgan fingerprint density at radius 1 is 1.25 bits per heavy atom. The van der Waals surface area contributed by atoms with Gasteiger partial charge in [0, 0.05) is 13.5 Å². The lowest BCUT2D eigenvalue weighted by molar-refractivity contribution is -0.136. The number of hydrogen-bond donors (Lipinski definition) is 2. The summed E-state index contributed by atoms with van der Waals surface area (Å²) in [6, 6.07) is 8.72. The molecule has 1 aliphatic rings. The van der Waals surface area contributed by atoms with E-state index < -0.39 is 18.2 Å². The van der Waals surface area contributed by atoms with E-state index in [0.717, 1.165) is 5.56 Å². The van der Waals surface area contributed by atoms with Crippen molar-refractivity contribution in [2.24, 2.45) is 0 Å². The van der Waals surface area contributed by atoms with E-state index in [4.69, 9.17) is 9.47 Å². The molecule has 0 fully saturated rings. The third-order valence-electron chi connectivity index (χ3n) is 3.00. The molecule has 0 saturated heterocycles. The molecule has 1 atom stereocenters. The van der Waals surface area contributed by atoms with Crippen LogP contribution in [0.2, 0.25) is 0 Å². The quantitative estimate of drug-likeness (QED) is 0.814. The van der Waals surface area contributed by atoms with Gasteiger partial charge in [0.1, 0.15) is 6.23 Å². The lowest BCUT2D eigenvalue weighted by atomic mass is 10.0. The van der Waals surface area contributed by atoms with E-state index in [9.17, 15) is 9.59 Å². The van der Waals surface area contributed by atoms with Crippen LogP contribution in [0.4, 0.5) is 4.79 Å². The largest absolute Gasteiger partial charge is 0.466 e. The Hall–Kier alpha value is -2.34. The summed E-state index contributed by atoms with van der Waals surface area (Å²) in [6.45, 7) is 0. The molecule has 20 heavy (non-hydrogen) atoms. The fraction of sp³-hybridized carbons (Fsp3) is 0.286. The molecule has 2 N–H and O–H groups in total. The number of carbonyl (C=O) groups is 2. The van der Waals surface area contributed by atoms with Crippen LogP contribution in [-0.4, -0.2) is 32.4 Å². The van der Waals surface area contributed by atoms with Crippen molar-refractivity contribution in [3.63, 3.8) is 0 Å². The third-order valence-corrected chi connectivity index (χ3v) is 3.00. The van der Waals surface area contributed by atoms with Crippen LogP contribution in [0, 0.1) is 0 Å². The Morgan fingerprint density at radius 3 is 2.55 bits per heavy atom. The van der Waals surface area contributed by atoms with Crippen LogP contribution in [0.25, 0.3) is 5.70 Å². The lowest BCUT2D eigenvalue weighted by Gasteiger charge is -2.14. The highest BCUT2D eigenvalue weighted by atomic mass is 16.5. The van der Waals surface area contributed by atoms with Crippen molar-refractivity contribution in [1.82, 2.24) is 10.6 Å². The fourth-order valence-electron chi connectivity index (χ4n) is 2.01. The van der Waals surface area contributed by atoms with Crippen LogP contribution in [-0.2, 0) is 14.3 Å². The van der Waals surface area contributed by atoms with Gasteiger partial charge in [-0.3, -0.25) is 0 Å². The van der Waals surface area contributed by atoms with Crippen molar-refractivity contribution in [3.8, 4) is 0 Å². The summed E-state index contributed by atoms with van der Waals surface area (Å²) in [5.74, 6) is -0.491. The van der Waals surface area contributed by atoms with Gasteiger partial charge in [-0.2, -0.15) is 0 Å². The minimum Gasteiger partial charge on any atom is -0.466 e. The second-order valence-corrected chi connectivity index (χ2v) is 4.24. The number of urea groups is 1. The maximum absolute atomic E-state index is 12.0. The number of nitrogens with one attached hydrogen (secondary N) is 2. The molecule has 2 rings (SSSR count). The summed E-state index contributed by atoms with van der Waals surface area (Å²) >= 11 is 0. The second-order valence-electron chi connectivity index (χ2n) is 4.24. The number of hydrogen-bond acceptors (Lipinski definition) is 4. The van der Waals surface area contributed by atoms with Gasteiger partial charge in [-0.15, -0.1) is 0 Å². The molecule has 2 amide bonds. The molecule has 0 spiro atoms. The molecule has 0 radical (unpaired) electrons. The average Bonchev–Trinajstić information content (AvgIpc) is 2.66. The van der Waals surface area contributed by atoms with E-state index in [1.165, 1.54) is 14.2 Å². The van der Waals surface area contributed by atoms with Gasteiger partial charge < -0.3 is 20.1 Å². The molecule has 6 nitrogen and oxygen atoms in total. The maximum Gasteiger partial charge on any atom is 0.336 e. The van der Waals surface area contributed by atoms with Crippen molar-refractivity contribution in [2.75, 3.05) is 14.2 Å². The lowest BCUT2D eigenvalue weighted by Crippen LogP contribution is -2.40. The van der Waals surface area contributed by atoms with Gasteiger partial charge >= 0.3 is 12.0 Å². The molecule has 1 aromatic carbocycles. The fourth-order valence-corrected chi connectivity index (χ4v) is 2.01. The Kier molecular flexibility index (Phi) is 4.37. The predicted molar refractivity (Wildman–Crippen MR) is 72.5 cm³/mol. The third kappa shape index (κ3) is 2.97. The molecule has 0 aromatic heterocycles. The summed E-state index contributed by atoms with van der Waals surface area (Å²) in [7, 11) is 2.77. The van der Waals surface area contributed by atoms with Gasteiger partial charge in [-0.1, -0.05) is 30.3 Å². The number of amides is 2. The van der Waals surface area contributed by atoms with Crippen molar-refractivity contribution < 1.29 is 19.1 Å². The number of methoxy groups -OCH3 is 2. The van der Waals surface area contributed by atoms with Crippen LogP contribution in [0.15, 0.2) is 35.9 Å². The van der Waals surface area contributed by atoms with E-state index in [1.807, 2.05) is 30.3 Å². The molecule has 1 aliphatic heterocycles. The summed E-state index contributed by atoms with van der Waals surface area (Å²) in [5.41, 5.74) is 1.54. The number of ether oxygens (including phenoxy) is 2. The van der Waals surface area contributed by atoms with E-state index in [0.29, 0.717) is 11.3 Å². The molecule has 6 heteroatoms. The second kappa shape index (κ2) is 6.21. The number of esters is 1. The highest BCUT2D eigenvalue weighted by Gasteiger charge is 2.27. The first kappa shape index (κ1) is 14.1. The Morgan fingerprint density at radius 2 is 1.95 bits per heavy atom.